The number of rotatable bonds is 3. The van der Waals surface area contributed by atoms with Gasteiger partial charge in [-0.25, -0.2) is 4.68 Å². The van der Waals surface area contributed by atoms with Crippen LogP contribution in [0.3, 0.4) is 0 Å². The number of aryl methyl sites for hydroxylation is 1. The molecule has 0 radical (unpaired) electrons. The predicted octanol–water partition coefficient (Wildman–Crippen LogP) is 4.09. The second-order valence-electron chi connectivity index (χ2n) is 4.13. The Labute approximate surface area is 122 Å². The van der Waals surface area contributed by atoms with Crippen molar-refractivity contribution in [2.45, 2.75) is 23.9 Å². The van der Waals surface area contributed by atoms with E-state index in [-0.39, 0.29) is 16.7 Å². The lowest BCUT2D eigenvalue weighted by molar-refractivity contribution is -0.0328. The van der Waals surface area contributed by atoms with E-state index in [1.807, 2.05) is 0 Å². The number of hydrogen-bond donors (Lipinski definition) is 1. The number of nitrogens with two attached hydrogens (primary N) is 1. The molecule has 1 aromatic heterocycles. The second-order valence-corrected chi connectivity index (χ2v) is 5.65. The minimum absolute atomic E-state index is 0.143. The smallest absolute Gasteiger partial charge is 0.383 e. The third-order valence-electron chi connectivity index (χ3n) is 2.58. The minimum Gasteiger partial charge on any atom is -0.383 e. The van der Waals surface area contributed by atoms with Gasteiger partial charge in [0.05, 0.1) is 12.2 Å². The third kappa shape index (κ3) is 3.61. The van der Waals surface area contributed by atoms with Crippen molar-refractivity contribution in [2.75, 3.05) is 5.73 Å². The van der Waals surface area contributed by atoms with E-state index in [4.69, 9.17) is 17.3 Å². The fraction of sp³-hybridized carbons (Fsp3) is 0.250. The lowest BCUT2D eigenvalue weighted by atomic mass is 10.2. The molecule has 2 rings (SSSR count). The lowest BCUT2D eigenvalue weighted by Gasteiger charge is -2.07. The molecular formula is C12H11ClF3N3S. The van der Waals surface area contributed by atoms with Crippen molar-refractivity contribution < 1.29 is 13.2 Å². The summed E-state index contributed by atoms with van der Waals surface area (Å²) in [4.78, 5) is 0.143. The van der Waals surface area contributed by atoms with E-state index in [9.17, 15) is 13.2 Å². The van der Waals surface area contributed by atoms with Gasteiger partial charge >= 0.3 is 5.51 Å². The highest BCUT2D eigenvalue weighted by atomic mass is 35.5. The zero-order valence-corrected chi connectivity index (χ0v) is 12.0. The zero-order valence-electron chi connectivity index (χ0n) is 10.4. The molecule has 0 atom stereocenters. The van der Waals surface area contributed by atoms with Crippen molar-refractivity contribution in [1.29, 1.82) is 0 Å². The molecule has 108 valence electrons. The lowest BCUT2D eigenvalue weighted by Crippen LogP contribution is -2.06. The van der Waals surface area contributed by atoms with Gasteiger partial charge in [0.25, 0.3) is 0 Å². The summed E-state index contributed by atoms with van der Waals surface area (Å²) in [5, 5.41) is 4.56. The molecule has 8 heteroatoms. The first-order chi connectivity index (χ1) is 9.26. The topological polar surface area (TPSA) is 43.8 Å². The van der Waals surface area contributed by atoms with Crippen molar-refractivity contribution >= 4 is 29.2 Å². The van der Waals surface area contributed by atoms with Gasteiger partial charge in [-0.2, -0.15) is 18.3 Å². The van der Waals surface area contributed by atoms with Crippen LogP contribution in [0.2, 0.25) is 5.02 Å². The van der Waals surface area contributed by atoms with E-state index in [1.54, 1.807) is 19.1 Å². The van der Waals surface area contributed by atoms with Crippen LogP contribution in [0.5, 0.6) is 0 Å². The van der Waals surface area contributed by atoms with Gasteiger partial charge in [-0.15, -0.1) is 0 Å². The Hall–Kier alpha value is -1.34. The minimum atomic E-state index is -4.28. The molecule has 0 aliphatic carbocycles. The Morgan fingerprint density at radius 1 is 1.30 bits per heavy atom. The highest BCUT2D eigenvalue weighted by molar-refractivity contribution is 8.00. The first-order valence-corrected chi connectivity index (χ1v) is 6.79. The number of alkyl halides is 3. The SMILES string of the molecule is Cc1nn(Cc2ccc(SC(F)(F)F)cc2)c(N)c1Cl. The van der Waals surface area contributed by atoms with Gasteiger partial charge in [0, 0.05) is 4.90 Å². The van der Waals surface area contributed by atoms with E-state index in [2.05, 4.69) is 5.10 Å². The maximum atomic E-state index is 12.2. The number of benzene rings is 1. The number of nitrogen functional groups attached to an aromatic ring is 1. The van der Waals surface area contributed by atoms with Gasteiger partial charge in [0.15, 0.2) is 0 Å². The van der Waals surface area contributed by atoms with Crippen molar-refractivity contribution in [3.05, 3.63) is 40.5 Å². The number of thioether (sulfide) groups is 1. The summed E-state index contributed by atoms with van der Waals surface area (Å²) in [5.74, 6) is 0.345. The van der Waals surface area contributed by atoms with Crippen LogP contribution in [0.15, 0.2) is 29.2 Å². The number of aromatic nitrogens is 2. The average molecular weight is 322 g/mol. The van der Waals surface area contributed by atoms with Crippen molar-refractivity contribution in [2.24, 2.45) is 0 Å². The van der Waals surface area contributed by atoms with Gasteiger partial charge in [-0.1, -0.05) is 23.7 Å². The molecule has 2 aromatic rings. The highest BCUT2D eigenvalue weighted by Crippen LogP contribution is 2.36. The molecule has 0 unspecified atom stereocenters. The molecule has 0 aliphatic rings. The Morgan fingerprint density at radius 2 is 1.90 bits per heavy atom. The molecule has 20 heavy (non-hydrogen) atoms. The number of hydrogen-bond acceptors (Lipinski definition) is 3. The Bertz CT molecular complexity index is 608. The van der Waals surface area contributed by atoms with E-state index >= 15 is 0 Å². The van der Waals surface area contributed by atoms with Crippen molar-refractivity contribution in [3.8, 4) is 0 Å². The van der Waals surface area contributed by atoms with E-state index in [1.165, 1.54) is 16.8 Å². The summed E-state index contributed by atoms with van der Waals surface area (Å²) < 4.78 is 38.1. The molecule has 3 nitrogen and oxygen atoms in total. The molecule has 0 bridgehead atoms. The fourth-order valence-electron chi connectivity index (χ4n) is 1.67. The molecule has 0 saturated heterocycles. The summed E-state index contributed by atoms with van der Waals surface area (Å²) in [5.41, 5.74) is 2.91. The van der Waals surface area contributed by atoms with E-state index in [0.717, 1.165) is 5.56 Å². The molecular weight excluding hydrogens is 311 g/mol. The zero-order chi connectivity index (χ0) is 14.9. The van der Waals surface area contributed by atoms with Crippen molar-refractivity contribution in [3.63, 3.8) is 0 Å². The van der Waals surface area contributed by atoms with Crippen LogP contribution < -0.4 is 5.73 Å². The van der Waals surface area contributed by atoms with Crippen LogP contribution in [0, 0.1) is 6.92 Å². The number of anilines is 1. The fourth-order valence-corrected chi connectivity index (χ4v) is 2.34. The molecule has 0 aliphatic heterocycles. The quantitative estimate of drug-likeness (QED) is 0.866. The van der Waals surface area contributed by atoms with E-state index < -0.39 is 5.51 Å². The summed E-state index contributed by atoms with van der Waals surface area (Å²) in [6.07, 6.45) is 0. The summed E-state index contributed by atoms with van der Waals surface area (Å²) >= 11 is 5.78. The highest BCUT2D eigenvalue weighted by Gasteiger charge is 2.29. The molecule has 0 saturated carbocycles. The molecule has 0 fully saturated rings. The first-order valence-electron chi connectivity index (χ1n) is 5.59. The Morgan fingerprint density at radius 3 is 2.35 bits per heavy atom. The molecule has 0 spiro atoms. The standard InChI is InChI=1S/C12H11ClF3N3S/c1-7-10(13)11(17)19(18-7)6-8-2-4-9(5-3-8)20-12(14,15)16/h2-5H,6,17H2,1H3. The van der Waals surface area contributed by atoms with Gasteiger partial charge < -0.3 is 5.73 Å². The van der Waals surface area contributed by atoms with Crippen molar-refractivity contribution in [1.82, 2.24) is 9.78 Å². The largest absolute Gasteiger partial charge is 0.446 e. The van der Waals surface area contributed by atoms with Crippen LogP contribution in [-0.4, -0.2) is 15.3 Å². The number of nitrogens with zero attached hydrogens (tertiary/aromatic N) is 2. The summed E-state index contributed by atoms with van der Waals surface area (Å²) in [6.45, 7) is 2.09. The van der Waals surface area contributed by atoms with Gasteiger partial charge in [0.2, 0.25) is 0 Å². The molecule has 0 amide bonds. The third-order valence-corrected chi connectivity index (χ3v) is 3.79. The summed E-state index contributed by atoms with van der Waals surface area (Å²) in [6, 6.07) is 6.06. The van der Waals surface area contributed by atoms with E-state index in [0.29, 0.717) is 23.1 Å². The molecule has 2 N–H and O–H groups in total. The van der Waals surface area contributed by atoms with Crippen LogP contribution >= 0.6 is 23.4 Å². The van der Waals surface area contributed by atoms with Crippen LogP contribution in [-0.2, 0) is 6.54 Å². The predicted molar refractivity (Wildman–Crippen MR) is 73.8 cm³/mol. The molecule has 1 aromatic carbocycles. The summed E-state index contributed by atoms with van der Waals surface area (Å²) in [7, 11) is 0. The Kier molecular flexibility index (Phi) is 4.19. The number of halogens is 4. The van der Waals surface area contributed by atoms with Gasteiger partial charge in [0.1, 0.15) is 10.8 Å². The normalized spacial score (nSPS) is 11.8. The van der Waals surface area contributed by atoms with Crippen LogP contribution in [0.1, 0.15) is 11.3 Å². The van der Waals surface area contributed by atoms with Gasteiger partial charge in [-0.05, 0) is 36.4 Å². The van der Waals surface area contributed by atoms with Crippen LogP contribution in [0.4, 0.5) is 19.0 Å². The second kappa shape index (κ2) is 5.57. The average Bonchev–Trinajstić information content (AvgIpc) is 2.58. The first kappa shape index (κ1) is 15.1. The maximum Gasteiger partial charge on any atom is 0.446 e. The monoisotopic (exact) mass is 321 g/mol. The maximum absolute atomic E-state index is 12.2. The Balaban J connectivity index is 2.13. The van der Waals surface area contributed by atoms with Gasteiger partial charge in [-0.3, -0.25) is 0 Å². The molecule has 1 heterocycles. The van der Waals surface area contributed by atoms with Crippen LogP contribution in [0.25, 0.3) is 0 Å².